The highest BCUT2D eigenvalue weighted by Crippen LogP contribution is 2.60. The maximum Gasteiger partial charge on any atom is 0.229 e. The van der Waals surface area contributed by atoms with Gasteiger partial charge >= 0.3 is 0 Å². The summed E-state index contributed by atoms with van der Waals surface area (Å²) in [4.78, 5) is 15.7. The van der Waals surface area contributed by atoms with E-state index in [1.165, 1.54) is 57.8 Å². The van der Waals surface area contributed by atoms with Gasteiger partial charge in [-0.15, -0.1) is 0 Å². The molecule has 4 bridgehead atoms. The monoisotopic (exact) mass is 275 g/mol. The van der Waals surface area contributed by atoms with Crippen LogP contribution in [0.25, 0.3) is 0 Å². The van der Waals surface area contributed by atoms with Crippen LogP contribution >= 0.6 is 0 Å². The Morgan fingerprint density at radius 1 is 0.900 bits per heavy atom. The Morgan fingerprint density at radius 3 is 1.80 bits per heavy atom. The Labute approximate surface area is 123 Å². The number of hydrogen-bond donors (Lipinski definition) is 0. The van der Waals surface area contributed by atoms with Crippen molar-refractivity contribution in [2.24, 2.45) is 23.2 Å². The van der Waals surface area contributed by atoms with Crippen molar-refractivity contribution in [2.75, 3.05) is 0 Å². The van der Waals surface area contributed by atoms with Gasteiger partial charge in [-0.1, -0.05) is 0 Å². The number of likely N-dealkylation sites (tertiary alicyclic amines) is 1. The normalized spacial score (nSPS) is 50.5. The van der Waals surface area contributed by atoms with E-state index >= 15 is 0 Å². The molecule has 0 aromatic rings. The van der Waals surface area contributed by atoms with Crippen molar-refractivity contribution in [3.05, 3.63) is 0 Å². The second-order valence-corrected chi connectivity index (χ2v) is 8.54. The Bertz CT molecular complexity index is 370. The van der Waals surface area contributed by atoms with Gasteiger partial charge in [0.1, 0.15) is 0 Å². The van der Waals surface area contributed by atoms with Crippen LogP contribution in [0.5, 0.6) is 0 Å². The highest BCUT2D eigenvalue weighted by atomic mass is 16.2. The summed E-state index contributed by atoms with van der Waals surface area (Å²) < 4.78 is 0. The molecule has 2 nitrogen and oxygen atoms in total. The first-order valence-corrected chi connectivity index (χ1v) is 8.90. The van der Waals surface area contributed by atoms with Crippen molar-refractivity contribution in [1.29, 1.82) is 0 Å². The summed E-state index contributed by atoms with van der Waals surface area (Å²) >= 11 is 0. The van der Waals surface area contributed by atoms with Gasteiger partial charge in [-0.05, 0) is 89.4 Å². The number of rotatable bonds is 1. The van der Waals surface area contributed by atoms with Gasteiger partial charge in [0.2, 0.25) is 5.91 Å². The second-order valence-electron chi connectivity index (χ2n) is 8.54. The van der Waals surface area contributed by atoms with Gasteiger partial charge in [0.25, 0.3) is 0 Å². The van der Waals surface area contributed by atoms with Crippen molar-refractivity contribution in [3.8, 4) is 0 Å². The molecule has 1 heterocycles. The van der Waals surface area contributed by atoms with E-state index in [0.717, 1.165) is 17.8 Å². The molecule has 0 aromatic carbocycles. The molecule has 2 heteroatoms. The van der Waals surface area contributed by atoms with E-state index in [-0.39, 0.29) is 5.41 Å². The fourth-order valence-electron chi connectivity index (χ4n) is 6.47. The van der Waals surface area contributed by atoms with Crippen LogP contribution in [-0.2, 0) is 4.79 Å². The smallest absolute Gasteiger partial charge is 0.229 e. The van der Waals surface area contributed by atoms with Crippen LogP contribution in [0.2, 0.25) is 0 Å². The molecule has 20 heavy (non-hydrogen) atoms. The van der Waals surface area contributed by atoms with Gasteiger partial charge < -0.3 is 4.90 Å². The first-order valence-electron chi connectivity index (χ1n) is 8.90. The third-order valence-electron chi connectivity index (χ3n) is 6.92. The molecule has 1 saturated heterocycles. The summed E-state index contributed by atoms with van der Waals surface area (Å²) in [6.07, 6.45) is 11.7. The van der Waals surface area contributed by atoms with Crippen molar-refractivity contribution in [3.63, 3.8) is 0 Å². The average molecular weight is 275 g/mol. The molecule has 0 N–H and O–H groups in total. The van der Waals surface area contributed by atoms with E-state index in [2.05, 4.69) is 18.7 Å². The first kappa shape index (κ1) is 13.2. The van der Waals surface area contributed by atoms with Crippen molar-refractivity contribution in [1.82, 2.24) is 4.90 Å². The standard InChI is InChI=1S/C18H29NO/c1-12-4-3-5-13(2)19(12)17(20)18-9-14-6-15(10-18)8-16(7-14)11-18/h12-16H,3-11H2,1-2H3. The van der Waals surface area contributed by atoms with Gasteiger partial charge in [0.05, 0.1) is 5.41 Å². The zero-order chi connectivity index (χ0) is 13.9. The van der Waals surface area contributed by atoms with Crippen molar-refractivity contribution >= 4 is 5.91 Å². The summed E-state index contributed by atoms with van der Waals surface area (Å²) in [5.41, 5.74) is 0.0641. The Hall–Kier alpha value is -0.530. The lowest BCUT2D eigenvalue weighted by Gasteiger charge is -2.58. The lowest BCUT2D eigenvalue weighted by molar-refractivity contribution is -0.164. The summed E-state index contributed by atoms with van der Waals surface area (Å²) in [5.74, 6) is 3.18. The summed E-state index contributed by atoms with van der Waals surface area (Å²) in [6.45, 7) is 4.54. The Morgan fingerprint density at radius 2 is 1.35 bits per heavy atom. The zero-order valence-electron chi connectivity index (χ0n) is 13.1. The number of hydrogen-bond acceptors (Lipinski definition) is 1. The summed E-state index contributed by atoms with van der Waals surface area (Å²) in [7, 11) is 0. The van der Waals surface area contributed by atoms with Gasteiger partial charge in [-0.2, -0.15) is 0 Å². The Kier molecular flexibility index (Phi) is 2.95. The molecule has 5 aliphatic rings. The molecule has 5 rings (SSSR count). The third kappa shape index (κ3) is 1.86. The molecule has 112 valence electrons. The van der Waals surface area contributed by atoms with Crippen LogP contribution in [0, 0.1) is 23.2 Å². The van der Waals surface area contributed by atoms with E-state index in [1.54, 1.807) is 0 Å². The number of nitrogens with zero attached hydrogens (tertiary/aromatic N) is 1. The molecule has 4 saturated carbocycles. The predicted molar refractivity (Wildman–Crippen MR) is 80.2 cm³/mol. The maximum absolute atomic E-state index is 13.4. The highest BCUT2D eigenvalue weighted by molar-refractivity contribution is 5.84. The minimum atomic E-state index is 0.0641. The minimum absolute atomic E-state index is 0.0641. The predicted octanol–water partition coefficient (Wildman–Crippen LogP) is 3.99. The van der Waals surface area contributed by atoms with Gasteiger partial charge in [0, 0.05) is 12.1 Å². The van der Waals surface area contributed by atoms with Crippen LogP contribution in [0.3, 0.4) is 0 Å². The van der Waals surface area contributed by atoms with Crippen molar-refractivity contribution in [2.45, 2.75) is 83.7 Å². The molecule has 5 fully saturated rings. The minimum Gasteiger partial charge on any atom is -0.337 e. The highest BCUT2D eigenvalue weighted by Gasteiger charge is 2.56. The SMILES string of the molecule is CC1CCCC(C)N1C(=O)C12CC3CC(CC(C3)C1)C2. The average Bonchev–Trinajstić information content (AvgIpc) is 2.36. The summed E-state index contributed by atoms with van der Waals surface area (Å²) in [5, 5.41) is 0. The van der Waals surface area contributed by atoms with Crippen LogP contribution < -0.4 is 0 Å². The van der Waals surface area contributed by atoms with E-state index in [1.807, 2.05) is 0 Å². The lowest BCUT2D eigenvalue weighted by atomic mass is 9.49. The molecule has 0 radical (unpaired) electrons. The fraction of sp³-hybridized carbons (Fsp3) is 0.944. The van der Waals surface area contributed by atoms with E-state index in [9.17, 15) is 4.79 Å². The molecule has 0 spiro atoms. The number of carbonyl (C=O) groups is 1. The van der Waals surface area contributed by atoms with E-state index in [4.69, 9.17) is 0 Å². The molecule has 1 amide bonds. The first-order chi connectivity index (χ1) is 9.57. The van der Waals surface area contributed by atoms with Gasteiger partial charge in [-0.3, -0.25) is 4.79 Å². The van der Waals surface area contributed by atoms with Crippen molar-refractivity contribution < 1.29 is 4.79 Å². The van der Waals surface area contributed by atoms with Gasteiger partial charge in [-0.25, -0.2) is 0 Å². The van der Waals surface area contributed by atoms with Crippen LogP contribution in [0.1, 0.15) is 71.6 Å². The van der Waals surface area contributed by atoms with Crippen LogP contribution in [0.4, 0.5) is 0 Å². The lowest BCUT2D eigenvalue weighted by Crippen LogP contribution is -2.58. The molecule has 1 aliphatic heterocycles. The molecule has 4 aliphatic carbocycles. The fourth-order valence-corrected chi connectivity index (χ4v) is 6.47. The molecule has 2 atom stereocenters. The molecular formula is C18H29NO. The maximum atomic E-state index is 13.4. The number of piperidine rings is 1. The zero-order valence-corrected chi connectivity index (χ0v) is 13.1. The topological polar surface area (TPSA) is 20.3 Å². The van der Waals surface area contributed by atoms with E-state index in [0.29, 0.717) is 18.0 Å². The summed E-state index contributed by atoms with van der Waals surface area (Å²) in [6, 6.07) is 0.943. The van der Waals surface area contributed by atoms with Crippen LogP contribution in [-0.4, -0.2) is 22.9 Å². The van der Waals surface area contributed by atoms with E-state index < -0.39 is 0 Å². The Balaban J connectivity index is 1.61. The largest absolute Gasteiger partial charge is 0.337 e. The molecular weight excluding hydrogens is 246 g/mol. The second kappa shape index (κ2) is 4.48. The number of carbonyl (C=O) groups excluding carboxylic acids is 1. The van der Waals surface area contributed by atoms with Crippen LogP contribution in [0.15, 0.2) is 0 Å². The van der Waals surface area contributed by atoms with Gasteiger partial charge in [0.15, 0.2) is 0 Å². The number of amides is 1. The molecule has 2 unspecified atom stereocenters. The third-order valence-corrected chi connectivity index (χ3v) is 6.92. The quantitative estimate of drug-likeness (QED) is 0.708. The molecule has 0 aromatic heterocycles.